The zero-order valence-electron chi connectivity index (χ0n) is 11.5. The topological polar surface area (TPSA) is 41.1 Å². The number of nitriles is 1. The highest BCUT2D eigenvalue weighted by Gasteiger charge is 2.18. The Hall–Kier alpha value is -2.12. The monoisotopic (exact) mass is 281 g/mol. The molecule has 100 valence electrons. The molecular formula is C16H15N3S. The zero-order valence-corrected chi connectivity index (χ0v) is 12.3. The van der Waals surface area contributed by atoms with Gasteiger partial charge in [-0.3, -0.25) is 4.40 Å². The van der Waals surface area contributed by atoms with E-state index in [0.29, 0.717) is 12.3 Å². The van der Waals surface area contributed by atoms with Crippen LogP contribution in [0.3, 0.4) is 0 Å². The van der Waals surface area contributed by atoms with Gasteiger partial charge in [0.05, 0.1) is 23.9 Å². The number of hydrogen-bond acceptors (Lipinski definition) is 3. The van der Waals surface area contributed by atoms with Gasteiger partial charge in [0.2, 0.25) is 0 Å². The summed E-state index contributed by atoms with van der Waals surface area (Å²) >= 11 is 1.64. The van der Waals surface area contributed by atoms with E-state index in [2.05, 4.69) is 29.7 Å². The fourth-order valence-electron chi connectivity index (χ4n) is 2.40. The lowest BCUT2D eigenvalue weighted by atomic mass is 10.1. The molecule has 0 aliphatic carbocycles. The predicted molar refractivity (Wildman–Crippen MR) is 81.9 cm³/mol. The van der Waals surface area contributed by atoms with Gasteiger partial charge in [0.15, 0.2) is 4.96 Å². The molecule has 0 aliphatic rings. The van der Waals surface area contributed by atoms with Crippen LogP contribution in [0.1, 0.15) is 31.2 Å². The average Bonchev–Trinajstić information content (AvgIpc) is 3.00. The quantitative estimate of drug-likeness (QED) is 0.720. The molecule has 3 rings (SSSR count). The molecule has 0 saturated heterocycles. The van der Waals surface area contributed by atoms with Crippen LogP contribution < -0.4 is 0 Å². The van der Waals surface area contributed by atoms with E-state index in [9.17, 15) is 0 Å². The predicted octanol–water partition coefficient (Wildman–Crippen LogP) is 4.25. The van der Waals surface area contributed by atoms with E-state index < -0.39 is 0 Å². The van der Waals surface area contributed by atoms with E-state index in [1.165, 1.54) is 5.69 Å². The number of thiazole rings is 1. The van der Waals surface area contributed by atoms with Crippen LogP contribution in [0.4, 0.5) is 0 Å². The van der Waals surface area contributed by atoms with Crippen LogP contribution >= 0.6 is 11.3 Å². The largest absolute Gasteiger partial charge is 0.290 e. The number of nitrogens with zero attached hydrogens (tertiary/aromatic N) is 3. The number of aromatic nitrogens is 2. The van der Waals surface area contributed by atoms with Crippen molar-refractivity contribution in [3.05, 3.63) is 47.1 Å². The van der Waals surface area contributed by atoms with E-state index in [1.807, 2.05) is 30.3 Å². The molecule has 4 heteroatoms. The maximum absolute atomic E-state index is 9.15. The molecule has 0 aliphatic heterocycles. The Morgan fingerprint density at radius 3 is 2.70 bits per heavy atom. The summed E-state index contributed by atoms with van der Waals surface area (Å²) in [5.41, 5.74) is 4.23. The van der Waals surface area contributed by atoms with E-state index in [4.69, 9.17) is 10.2 Å². The van der Waals surface area contributed by atoms with E-state index in [1.54, 1.807) is 11.3 Å². The SMILES string of the molecule is CC(C)c1csc2nc(-c3ccccc3)c(CC#N)n12. The van der Waals surface area contributed by atoms with Crippen LogP contribution in [0, 0.1) is 11.3 Å². The van der Waals surface area contributed by atoms with Crippen LogP contribution in [0.5, 0.6) is 0 Å². The summed E-state index contributed by atoms with van der Waals surface area (Å²) < 4.78 is 2.15. The van der Waals surface area contributed by atoms with Crippen LogP contribution in [0.2, 0.25) is 0 Å². The maximum atomic E-state index is 9.15. The molecule has 3 nitrogen and oxygen atoms in total. The number of imidazole rings is 1. The average molecular weight is 281 g/mol. The number of hydrogen-bond donors (Lipinski definition) is 0. The van der Waals surface area contributed by atoms with Crippen LogP contribution in [-0.4, -0.2) is 9.38 Å². The highest BCUT2D eigenvalue weighted by atomic mass is 32.1. The first-order chi connectivity index (χ1) is 9.72. The smallest absolute Gasteiger partial charge is 0.194 e. The van der Waals surface area contributed by atoms with Crippen LogP contribution in [-0.2, 0) is 6.42 Å². The third-order valence-corrected chi connectivity index (χ3v) is 4.21. The minimum atomic E-state index is 0.377. The number of fused-ring (bicyclic) bond motifs is 1. The molecule has 0 radical (unpaired) electrons. The summed E-state index contributed by atoms with van der Waals surface area (Å²) in [4.78, 5) is 5.71. The Morgan fingerprint density at radius 1 is 1.30 bits per heavy atom. The molecule has 2 aromatic heterocycles. The third kappa shape index (κ3) is 2.00. The van der Waals surface area contributed by atoms with Crippen molar-refractivity contribution in [2.45, 2.75) is 26.2 Å². The normalized spacial score (nSPS) is 11.1. The fourth-order valence-corrected chi connectivity index (χ4v) is 3.47. The van der Waals surface area contributed by atoms with Crippen molar-refractivity contribution >= 4 is 16.3 Å². The minimum Gasteiger partial charge on any atom is -0.290 e. The summed E-state index contributed by atoms with van der Waals surface area (Å²) in [7, 11) is 0. The molecule has 1 aromatic carbocycles. The Kier molecular flexibility index (Phi) is 3.29. The standard InChI is InChI=1S/C16H15N3S/c1-11(2)14-10-20-16-18-15(12-6-4-3-5-7-12)13(8-9-17)19(14)16/h3-7,10-11H,8H2,1-2H3. The lowest BCUT2D eigenvalue weighted by molar-refractivity contribution is 0.799. The molecule has 0 unspecified atom stereocenters. The van der Waals surface area contributed by atoms with Crippen molar-refractivity contribution in [3.8, 4) is 17.3 Å². The van der Waals surface area contributed by atoms with Gasteiger partial charge in [-0.05, 0) is 5.92 Å². The number of benzene rings is 1. The van der Waals surface area contributed by atoms with Crippen molar-refractivity contribution in [2.75, 3.05) is 0 Å². The van der Waals surface area contributed by atoms with Crippen molar-refractivity contribution in [1.82, 2.24) is 9.38 Å². The van der Waals surface area contributed by atoms with Crippen LogP contribution in [0.15, 0.2) is 35.7 Å². The van der Waals surface area contributed by atoms with Gasteiger partial charge in [-0.15, -0.1) is 11.3 Å². The number of rotatable bonds is 3. The van der Waals surface area contributed by atoms with Gasteiger partial charge in [0, 0.05) is 16.6 Å². The second-order valence-electron chi connectivity index (χ2n) is 5.04. The lowest BCUT2D eigenvalue weighted by Gasteiger charge is -2.06. The van der Waals surface area contributed by atoms with E-state index >= 15 is 0 Å². The maximum Gasteiger partial charge on any atom is 0.194 e. The van der Waals surface area contributed by atoms with Crippen molar-refractivity contribution in [2.24, 2.45) is 0 Å². The Morgan fingerprint density at radius 2 is 2.05 bits per heavy atom. The van der Waals surface area contributed by atoms with Gasteiger partial charge in [-0.25, -0.2) is 4.98 Å². The zero-order chi connectivity index (χ0) is 14.1. The first-order valence-electron chi connectivity index (χ1n) is 6.63. The highest BCUT2D eigenvalue weighted by Crippen LogP contribution is 2.31. The summed E-state index contributed by atoms with van der Waals surface area (Å²) in [5.74, 6) is 0.416. The van der Waals surface area contributed by atoms with E-state index in [-0.39, 0.29) is 0 Å². The van der Waals surface area contributed by atoms with Gasteiger partial charge < -0.3 is 0 Å². The van der Waals surface area contributed by atoms with Gasteiger partial charge in [0.25, 0.3) is 0 Å². The van der Waals surface area contributed by atoms with Crippen molar-refractivity contribution in [1.29, 1.82) is 5.26 Å². The van der Waals surface area contributed by atoms with Gasteiger partial charge in [-0.2, -0.15) is 5.26 Å². The second kappa shape index (κ2) is 5.10. The highest BCUT2D eigenvalue weighted by molar-refractivity contribution is 7.15. The lowest BCUT2D eigenvalue weighted by Crippen LogP contribution is -1.99. The summed E-state index contributed by atoms with van der Waals surface area (Å²) in [6.45, 7) is 4.33. The molecule has 0 amide bonds. The molecule has 3 aromatic rings. The van der Waals surface area contributed by atoms with Gasteiger partial charge in [0.1, 0.15) is 0 Å². The summed E-state index contributed by atoms with van der Waals surface area (Å²) in [5, 5.41) is 11.3. The molecule has 0 fully saturated rings. The molecule has 2 heterocycles. The molecule has 20 heavy (non-hydrogen) atoms. The molecule has 0 saturated carbocycles. The molecule has 0 spiro atoms. The molecular weight excluding hydrogens is 266 g/mol. The fraction of sp³-hybridized carbons (Fsp3) is 0.250. The Labute approximate surface area is 122 Å². The summed E-state index contributed by atoms with van der Waals surface area (Å²) in [6, 6.07) is 12.4. The molecule has 0 bridgehead atoms. The second-order valence-corrected chi connectivity index (χ2v) is 5.88. The molecule has 0 atom stereocenters. The summed E-state index contributed by atoms with van der Waals surface area (Å²) in [6.07, 6.45) is 0.377. The van der Waals surface area contributed by atoms with Crippen LogP contribution in [0.25, 0.3) is 16.2 Å². The molecule has 0 N–H and O–H groups in total. The minimum absolute atomic E-state index is 0.377. The Balaban J connectivity index is 2.28. The van der Waals surface area contributed by atoms with Gasteiger partial charge >= 0.3 is 0 Å². The third-order valence-electron chi connectivity index (χ3n) is 3.37. The Bertz CT molecular complexity index is 775. The van der Waals surface area contributed by atoms with Crippen molar-refractivity contribution in [3.63, 3.8) is 0 Å². The first kappa shape index (κ1) is 12.9. The van der Waals surface area contributed by atoms with Crippen molar-refractivity contribution < 1.29 is 0 Å². The first-order valence-corrected chi connectivity index (χ1v) is 7.51. The van der Waals surface area contributed by atoms with Gasteiger partial charge in [-0.1, -0.05) is 44.2 Å². The van der Waals surface area contributed by atoms with E-state index in [0.717, 1.165) is 21.9 Å².